The highest BCUT2D eigenvalue weighted by molar-refractivity contribution is 6.30. The van der Waals surface area contributed by atoms with E-state index >= 15 is 0 Å². The Kier molecular flexibility index (Phi) is 9.29. The first kappa shape index (κ1) is 28.1. The van der Waals surface area contributed by atoms with Gasteiger partial charge in [0, 0.05) is 17.4 Å². The predicted molar refractivity (Wildman–Crippen MR) is 133 cm³/mol. The second kappa shape index (κ2) is 12.2. The first-order valence-corrected chi connectivity index (χ1v) is 12.2. The summed E-state index contributed by atoms with van der Waals surface area (Å²) in [6, 6.07) is 12.8. The zero-order valence-electron chi connectivity index (χ0n) is 20.2. The van der Waals surface area contributed by atoms with Crippen LogP contribution >= 0.6 is 11.6 Å². The molecular formula is C27H29ClO9. The average molecular weight is 533 g/mol. The van der Waals surface area contributed by atoms with E-state index in [1.165, 1.54) is 0 Å². The molecule has 0 spiro atoms. The molecule has 1 fully saturated rings. The highest BCUT2D eigenvalue weighted by atomic mass is 35.5. The summed E-state index contributed by atoms with van der Waals surface area (Å²) in [6.45, 7) is 1.93. The Hall–Kier alpha value is -3.43. The maximum absolute atomic E-state index is 11.8. The third-order valence-electron chi connectivity index (χ3n) is 6.90. The standard InChI is InChI=1S/C27H29ClO9/c1-14-2-5-16(9-17(14)8-15-3-6-18(28)7-4-15)27-21(12-25(33)34)19(10-23(29)30)20(11-24(31)32)22(37-27)13-26(35)36/h2-7,9,19-22,27H,8,10-13H2,1H3,(H,29,30)(H,31,32)(H,33,34)(H,35,36)/t19-,20+,21+,22?,27-/m1/s1. The zero-order valence-corrected chi connectivity index (χ0v) is 20.9. The van der Waals surface area contributed by atoms with Gasteiger partial charge in [-0.25, -0.2) is 0 Å². The fraction of sp³-hybridized carbons (Fsp3) is 0.407. The fourth-order valence-electron chi connectivity index (χ4n) is 5.24. The van der Waals surface area contributed by atoms with Gasteiger partial charge in [-0.05, 0) is 59.6 Å². The van der Waals surface area contributed by atoms with Crippen LogP contribution in [0.1, 0.15) is 54.0 Å². The first-order valence-electron chi connectivity index (χ1n) is 11.8. The first-order chi connectivity index (χ1) is 17.4. The van der Waals surface area contributed by atoms with Crippen molar-refractivity contribution in [1.82, 2.24) is 0 Å². The van der Waals surface area contributed by atoms with Crippen molar-refractivity contribution < 1.29 is 44.3 Å². The predicted octanol–water partition coefficient (Wildman–Crippen LogP) is 4.43. The minimum absolute atomic E-state index is 0.459. The van der Waals surface area contributed by atoms with E-state index in [1.807, 2.05) is 31.2 Å². The minimum Gasteiger partial charge on any atom is -0.481 e. The number of aryl methyl sites for hydroxylation is 1. The van der Waals surface area contributed by atoms with Crippen molar-refractivity contribution in [3.05, 3.63) is 69.7 Å². The smallest absolute Gasteiger partial charge is 0.305 e. The van der Waals surface area contributed by atoms with Crippen molar-refractivity contribution in [2.24, 2.45) is 17.8 Å². The number of hydrogen-bond acceptors (Lipinski definition) is 5. The lowest BCUT2D eigenvalue weighted by molar-refractivity contribution is -0.181. The Bertz CT molecular complexity index is 1160. The van der Waals surface area contributed by atoms with Crippen LogP contribution in [0.25, 0.3) is 0 Å². The molecule has 0 saturated carbocycles. The molecule has 1 heterocycles. The van der Waals surface area contributed by atoms with E-state index in [9.17, 15) is 39.6 Å². The van der Waals surface area contributed by atoms with Crippen LogP contribution < -0.4 is 0 Å². The van der Waals surface area contributed by atoms with E-state index in [2.05, 4.69) is 0 Å². The highest BCUT2D eigenvalue weighted by Crippen LogP contribution is 2.48. The molecule has 1 saturated heterocycles. The van der Waals surface area contributed by atoms with E-state index < -0.39 is 79.5 Å². The Labute approximate surface area is 218 Å². The van der Waals surface area contributed by atoms with E-state index in [1.54, 1.807) is 18.2 Å². The number of rotatable bonds is 11. The van der Waals surface area contributed by atoms with Crippen LogP contribution in [-0.2, 0) is 30.3 Å². The molecule has 0 aliphatic carbocycles. The number of halogens is 1. The molecule has 1 aliphatic rings. The molecule has 10 heteroatoms. The largest absolute Gasteiger partial charge is 0.481 e. The molecule has 0 bridgehead atoms. The van der Waals surface area contributed by atoms with Gasteiger partial charge in [-0.15, -0.1) is 0 Å². The van der Waals surface area contributed by atoms with Crippen molar-refractivity contribution in [1.29, 1.82) is 0 Å². The van der Waals surface area contributed by atoms with Crippen molar-refractivity contribution in [3.8, 4) is 0 Å². The van der Waals surface area contributed by atoms with Crippen LogP contribution in [0, 0.1) is 24.7 Å². The van der Waals surface area contributed by atoms with E-state index in [4.69, 9.17) is 16.3 Å². The highest BCUT2D eigenvalue weighted by Gasteiger charge is 2.48. The number of benzene rings is 2. The Morgan fingerprint density at radius 2 is 1.30 bits per heavy atom. The Morgan fingerprint density at radius 1 is 0.757 bits per heavy atom. The number of ether oxygens (including phenoxy) is 1. The van der Waals surface area contributed by atoms with E-state index in [0.29, 0.717) is 17.0 Å². The van der Waals surface area contributed by atoms with Gasteiger partial charge in [-0.2, -0.15) is 0 Å². The van der Waals surface area contributed by atoms with Crippen molar-refractivity contribution in [2.75, 3.05) is 0 Å². The zero-order chi connectivity index (χ0) is 27.3. The third kappa shape index (κ3) is 7.53. The summed E-state index contributed by atoms with van der Waals surface area (Å²) in [6.07, 6.45) is -3.52. The van der Waals surface area contributed by atoms with E-state index in [-0.39, 0.29) is 0 Å². The SMILES string of the molecule is Cc1ccc([C@H]2OC(CC(=O)O)[C@@H](CC(=O)O)[C@@H](CC(=O)O)[C@@H]2CC(=O)O)cc1Cc1ccc(Cl)cc1. The molecular weight excluding hydrogens is 504 g/mol. The summed E-state index contributed by atoms with van der Waals surface area (Å²) in [7, 11) is 0. The lowest BCUT2D eigenvalue weighted by Gasteiger charge is -2.46. The van der Waals surface area contributed by atoms with Gasteiger partial charge in [0.05, 0.1) is 31.5 Å². The van der Waals surface area contributed by atoms with Crippen LogP contribution in [0.5, 0.6) is 0 Å². The molecule has 3 rings (SSSR count). The molecule has 4 N–H and O–H groups in total. The molecule has 198 valence electrons. The van der Waals surface area contributed by atoms with Gasteiger partial charge >= 0.3 is 23.9 Å². The molecule has 0 amide bonds. The quantitative estimate of drug-likeness (QED) is 0.328. The Morgan fingerprint density at radius 3 is 1.86 bits per heavy atom. The summed E-state index contributed by atoms with van der Waals surface area (Å²) in [5.74, 6) is -7.66. The molecule has 0 aromatic heterocycles. The summed E-state index contributed by atoms with van der Waals surface area (Å²) in [5, 5.41) is 38.8. The summed E-state index contributed by atoms with van der Waals surface area (Å²) >= 11 is 5.99. The van der Waals surface area contributed by atoms with Gasteiger partial charge in [-0.3, -0.25) is 19.2 Å². The molecule has 1 aliphatic heterocycles. The van der Waals surface area contributed by atoms with Crippen LogP contribution in [0.4, 0.5) is 0 Å². The topological polar surface area (TPSA) is 158 Å². The van der Waals surface area contributed by atoms with E-state index in [0.717, 1.165) is 16.7 Å². The minimum atomic E-state index is -1.24. The monoisotopic (exact) mass is 532 g/mol. The second-order valence-electron chi connectivity index (χ2n) is 9.47. The average Bonchev–Trinajstić information content (AvgIpc) is 2.79. The fourth-order valence-corrected chi connectivity index (χ4v) is 5.36. The summed E-state index contributed by atoms with van der Waals surface area (Å²) in [4.78, 5) is 46.8. The molecule has 2 aromatic rings. The van der Waals surface area contributed by atoms with Crippen molar-refractivity contribution in [3.63, 3.8) is 0 Å². The maximum atomic E-state index is 11.8. The maximum Gasteiger partial charge on any atom is 0.305 e. The molecule has 2 aromatic carbocycles. The number of carboxylic acids is 4. The van der Waals surface area contributed by atoms with Crippen LogP contribution in [0.15, 0.2) is 42.5 Å². The summed E-state index contributed by atoms with van der Waals surface area (Å²) in [5.41, 5.74) is 3.47. The lowest BCUT2D eigenvalue weighted by atomic mass is 9.67. The summed E-state index contributed by atoms with van der Waals surface area (Å²) < 4.78 is 6.17. The molecule has 9 nitrogen and oxygen atoms in total. The number of carboxylic acid groups (broad SMARTS) is 4. The van der Waals surface area contributed by atoms with Crippen LogP contribution in [0.2, 0.25) is 5.02 Å². The Balaban J connectivity index is 2.07. The lowest BCUT2D eigenvalue weighted by Crippen LogP contribution is -2.47. The third-order valence-corrected chi connectivity index (χ3v) is 7.16. The van der Waals surface area contributed by atoms with Crippen molar-refractivity contribution >= 4 is 35.5 Å². The number of hydrogen-bond donors (Lipinski definition) is 4. The van der Waals surface area contributed by atoms with Crippen LogP contribution in [-0.4, -0.2) is 50.4 Å². The van der Waals surface area contributed by atoms with Gasteiger partial charge in [0.15, 0.2) is 0 Å². The van der Waals surface area contributed by atoms with Crippen molar-refractivity contribution in [2.45, 2.75) is 51.2 Å². The molecule has 37 heavy (non-hydrogen) atoms. The van der Waals surface area contributed by atoms with Gasteiger partial charge in [0.25, 0.3) is 0 Å². The van der Waals surface area contributed by atoms with Gasteiger partial charge in [-0.1, -0.05) is 41.9 Å². The number of carbonyl (C=O) groups is 4. The number of aliphatic carboxylic acids is 4. The molecule has 0 radical (unpaired) electrons. The van der Waals surface area contributed by atoms with Gasteiger partial charge in [0.1, 0.15) is 0 Å². The van der Waals surface area contributed by atoms with Gasteiger partial charge in [0.2, 0.25) is 0 Å². The normalized spacial score (nSPS) is 23.4. The second-order valence-corrected chi connectivity index (χ2v) is 9.90. The molecule has 5 atom stereocenters. The van der Waals surface area contributed by atoms with Gasteiger partial charge < -0.3 is 25.2 Å². The van der Waals surface area contributed by atoms with Crippen LogP contribution in [0.3, 0.4) is 0 Å². The molecule has 1 unspecified atom stereocenters.